The molecule has 0 bridgehead atoms. The number of para-hydroxylation sites is 2. The van der Waals surface area contributed by atoms with E-state index in [1.54, 1.807) is 14.2 Å². The van der Waals surface area contributed by atoms with Crippen molar-refractivity contribution in [2.75, 3.05) is 14.2 Å². The molecule has 0 amide bonds. The highest BCUT2D eigenvalue weighted by Gasteiger charge is 2.29. The number of aromatic amines is 2. The van der Waals surface area contributed by atoms with Gasteiger partial charge in [-0.05, 0) is 48.7 Å². The number of H-pyrrole nitrogens is 2. The lowest BCUT2D eigenvalue weighted by Gasteiger charge is -2.22. The smallest absolute Gasteiger partial charge is 0.162 e. The maximum Gasteiger partial charge on any atom is 0.162 e. The number of aromatic nitrogens is 2. The van der Waals surface area contributed by atoms with Crippen LogP contribution < -0.4 is 9.47 Å². The Balaban J connectivity index is 1.89. The van der Waals surface area contributed by atoms with Crippen LogP contribution in [0.25, 0.3) is 21.8 Å². The first kappa shape index (κ1) is 20.5. The molecule has 0 saturated carbocycles. The van der Waals surface area contributed by atoms with Crippen molar-refractivity contribution < 1.29 is 9.47 Å². The average molecular weight is 445 g/mol. The molecule has 2 aromatic heterocycles. The van der Waals surface area contributed by atoms with E-state index >= 15 is 0 Å². The Kier molecular flexibility index (Phi) is 5.10. The van der Waals surface area contributed by atoms with Gasteiger partial charge in [0.15, 0.2) is 11.5 Å². The summed E-state index contributed by atoms with van der Waals surface area (Å²) in [6.07, 6.45) is 0. The van der Waals surface area contributed by atoms with E-state index in [2.05, 4.69) is 72.3 Å². The lowest BCUT2D eigenvalue weighted by Crippen LogP contribution is -2.07. The fourth-order valence-corrected chi connectivity index (χ4v) is 5.15. The number of rotatable bonds is 5. The van der Waals surface area contributed by atoms with Gasteiger partial charge in [-0.25, -0.2) is 0 Å². The van der Waals surface area contributed by atoms with Gasteiger partial charge in [0.1, 0.15) is 0 Å². The highest BCUT2D eigenvalue weighted by atomic mass is 35.5. The summed E-state index contributed by atoms with van der Waals surface area (Å²) in [6.45, 7) is 4.25. The van der Waals surface area contributed by atoms with Gasteiger partial charge >= 0.3 is 0 Å². The van der Waals surface area contributed by atoms with Gasteiger partial charge in [-0.3, -0.25) is 0 Å². The van der Waals surface area contributed by atoms with E-state index in [0.717, 1.165) is 28.0 Å². The van der Waals surface area contributed by atoms with Crippen LogP contribution in [-0.2, 0) is 0 Å². The van der Waals surface area contributed by atoms with Crippen LogP contribution in [0.2, 0.25) is 5.02 Å². The van der Waals surface area contributed by atoms with Crippen molar-refractivity contribution in [3.8, 4) is 11.5 Å². The zero-order chi connectivity index (χ0) is 22.4. The van der Waals surface area contributed by atoms with Gasteiger partial charge in [0.25, 0.3) is 0 Å². The van der Waals surface area contributed by atoms with E-state index in [-0.39, 0.29) is 5.92 Å². The second kappa shape index (κ2) is 7.95. The second-order valence-corrected chi connectivity index (χ2v) is 8.49. The molecule has 0 aliphatic carbocycles. The molecule has 162 valence electrons. The van der Waals surface area contributed by atoms with Crippen LogP contribution in [-0.4, -0.2) is 24.2 Å². The minimum atomic E-state index is -0.102. The van der Waals surface area contributed by atoms with Crippen LogP contribution in [0.1, 0.15) is 34.0 Å². The van der Waals surface area contributed by atoms with Crippen molar-refractivity contribution in [3.63, 3.8) is 0 Å². The molecule has 2 N–H and O–H groups in total. The van der Waals surface area contributed by atoms with Crippen LogP contribution in [0.3, 0.4) is 0 Å². The molecule has 0 fully saturated rings. The van der Waals surface area contributed by atoms with Crippen molar-refractivity contribution >= 4 is 33.4 Å². The van der Waals surface area contributed by atoms with Crippen molar-refractivity contribution in [2.24, 2.45) is 0 Å². The van der Waals surface area contributed by atoms with Gasteiger partial charge in [0.2, 0.25) is 0 Å². The monoisotopic (exact) mass is 444 g/mol. The van der Waals surface area contributed by atoms with Crippen LogP contribution >= 0.6 is 11.6 Å². The largest absolute Gasteiger partial charge is 0.493 e. The fourth-order valence-electron chi connectivity index (χ4n) is 4.89. The first-order valence-electron chi connectivity index (χ1n) is 10.6. The number of methoxy groups -OCH3 is 2. The Morgan fingerprint density at radius 2 is 1.19 bits per heavy atom. The van der Waals surface area contributed by atoms with Gasteiger partial charge in [-0.2, -0.15) is 0 Å². The molecular formula is C27H25ClN2O2. The first-order chi connectivity index (χ1) is 15.5. The number of aryl methyl sites for hydroxylation is 2. The molecule has 4 nitrogen and oxygen atoms in total. The summed E-state index contributed by atoms with van der Waals surface area (Å²) in [4.78, 5) is 7.14. The number of halogens is 1. The van der Waals surface area contributed by atoms with Gasteiger partial charge in [0.05, 0.1) is 14.2 Å². The summed E-state index contributed by atoms with van der Waals surface area (Å²) in [5.74, 6) is 1.17. The molecular weight excluding hydrogens is 420 g/mol. The lowest BCUT2D eigenvalue weighted by molar-refractivity contribution is 0.354. The molecule has 0 aliphatic rings. The molecule has 0 atom stereocenters. The minimum absolute atomic E-state index is 0.102. The molecule has 5 rings (SSSR count). The standard InChI is InChI=1S/C27H25ClN2O2/c1-15-25(17-9-5-7-11-21(17)29-15)27(19-13-23(31-3)24(32-4)14-20(19)28)26-16(2)30-22-12-8-6-10-18(22)26/h5-14,27,29-30H,1-4H3. The van der Waals surface area contributed by atoms with E-state index < -0.39 is 0 Å². The Morgan fingerprint density at radius 1 is 0.719 bits per heavy atom. The van der Waals surface area contributed by atoms with E-state index in [1.165, 1.54) is 21.9 Å². The normalized spacial score (nSPS) is 11.6. The number of hydrogen-bond acceptors (Lipinski definition) is 2. The number of nitrogens with one attached hydrogen (secondary N) is 2. The summed E-state index contributed by atoms with van der Waals surface area (Å²) in [6, 6.07) is 20.7. The van der Waals surface area contributed by atoms with Gasteiger partial charge in [-0.15, -0.1) is 0 Å². The third-order valence-corrected chi connectivity index (χ3v) is 6.61. The van der Waals surface area contributed by atoms with Gasteiger partial charge < -0.3 is 19.4 Å². The fraction of sp³-hybridized carbons (Fsp3) is 0.185. The van der Waals surface area contributed by atoms with Crippen LogP contribution in [0.4, 0.5) is 0 Å². The van der Waals surface area contributed by atoms with Crippen LogP contribution in [0, 0.1) is 13.8 Å². The molecule has 0 radical (unpaired) electrons. The summed E-state index contributed by atoms with van der Waals surface area (Å²) in [5.41, 5.74) is 7.85. The Hall–Kier alpha value is -3.37. The van der Waals surface area contributed by atoms with Crippen LogP contribution in [0.15, 0.2) is 60.7 Å². The van der Waals surface area contributed by atoms with E-state index in [9.17, 15) is 0 Å². The number of ether oxygens (including phenoxy) is 2. The molecule has 2 heterocycles. The Bertz CT molecular complexity index is 1370. The zero-order valence-electron chi connectivity index (χ0n) is 18.5. The second-order valence-electron chi connectivity index (χ2n) is 8.08. The molecule has 0 saturated heterocycles. The first-order valence-corrected chi connectivity index (χ1v) is 11.0. The average Bonchev–Trinajstić information content (AvgIpc) is 3.31. The number of fused-ring (bicyclic) bond motifs is 2. The SMILES string of the molecule is COc1cc(Cl)c(C(c2c(C)[nH]c3ccccc23)c2c(C)[nH]c3ccccc23)cc1OC. The van der Waals surface area contributed by atoms with E-state index in [0.29, 0.717) is 16.5 Å². The molecule has 0 spiro atoms. The third kappa shape index (κ3) is 3.14. The highest BCUT2D eigenvalue weighted by Crippen LogP contribution is 2.47. The third-order valence-electron chi connectivity index (χ3n) is 6.28. The van der Waals surface area contributed by atoms with Crippen molar-refractivity contribution in [1.29, 1.82) is 0 Å². The van der Waals surface area contributed by atoms with E-state index in [4.69, 9.17) is 21.1 Å². The Labute approximate surface area is 192 Å². The summed E-state index contributed by atoms with van der Waals surface area (Å²) < 4.78 is 11.2. The van der Waals surface area contributed by atoms with Gasteiger partial charge in [0, 0.05) is 50.2 Å². The molecule has 3 aromatic carbocycles. The lowest BCUT2D eigenvalue weighted by atomic mass is 9.82. The maximum absolute atomic E-state index is 6.92. The zero-order valence-corrected chi connectivity index (χ0v) is 19.3. The van der Waals surface area contributed by atoms with E-state index in [1.807, 2.05) is 12.1 Å². The van der Waals surface area contributed by atoms with Crippen molar-refractivity contribution in [1.82, 2.24) is 9.97 Å². The van der Waals surface area contributed by atoms with Gasteiger partial charge in [-0.1, -0.05) is 48.0 Å². The molecule has 32 heavy (non-hydrogen) atoms. The summed E-state index contributed by atoms with van der Waals surface area (Å²) >= 11 is 6.92. The Morgan fingerprint density at radius 3 is 1.69 bits per heavy atom. The van der Waals surface area contributed by atoms with Crippen molar-refractivity contribution in [3.05, 3.63) is 93.8 Å². The van der Waals surface area contributed by atoms with Crippen molar-refractivity contribution in [2.45, 2.75) is 19.8 Å². The minimum Gasteiger partial charge on any atom is -0.493 e. The molecule has 0 unspecified atom stereocenters. The molecule has 5 heteroatoms. The molecule has 5 aromatic rings. The highest BCUT2D eigenvalue weighted by molar-refractivity contribution is 6.31. The summed E-state index contributed by atoms with van der Waals surface area (Å²) in [7, 11) is 3.28. The topological polar surface area (TPSA) is 50.0 Å². The van der Waals surface area contributed by atoms with Crippen LogP contribution in [0.5, 0.6) is 11.5 Å². The maximum atomic E-state index is 6.92. The number of benzene rings is 3. The predicted octanol–water partition coefficient (Wildman–Crippen LogP) is 7.12. The predicted molar refractivity (Wildman–Crippen MR) is 132 cm³/mol. The quantitative estimate of drug-likeness (QED) is 0.303. The summed E-state index contributed by atoms with van der Waals surface area (Å²) in [5, 5.41) is 3.01. The number of hydrogen-bond donors (Lipinski definition) is 2. The molecule has 0 aliphatic heterocycles.